The Morgan fingerprint density at radius 2 is 1.71 bits per heavy atom. The third-order valence-electron chi connectivity index (χ3n) is 10.9. The van der Waals surface area contributed by atoms with Crippen LogP contribution in [0.15, 0.2) is 72.8 Å². The molecular weight excluding hydrogens is 600 g/mol. The molecule has 3 aromatic rings. The molecule has 3 N–H and O–H groups in total. The van der Waals surface area contributed by atoms with Gasteiger partial charge in [0.2, 0.25) is 5.91 Å². The van der Waals surface area contributed by atoms with Crippen LogP contribution < -0.4 is 20.9 Å². The number of carbonyl (C=O) groups is 3. The lowest BCUT2D eigenvalue weighted by molar-refractivity contribution is -0.137. The first-order chi connectivity index (χ1) is 23.5. The largest absolute Gasteiger partial charge is 0.463 e. The van der Waals surface area contributed by atoms with Crippen molar-refractivity contribution in [3.8, 4) is 0 Å². The standard InChI is InChI=1S/C40H46N4O4/c1-2-48-35(45)21-16-27-14-18-30(19-15-27)42-39(47)40(22-8-9-23-40)43-38(46)29-17-20-32-34(26-29)44-25-24-41-33-13-7-6-12-31(33)37(44)36(32)28-10-4-3-5-11-28/h6-7,12-21,26,28,36-37,41H,2-5,8-11,22-25H2,1H3,(H,42,47)(H,43,46)/b21-16+. The number of ether oxygens (including phenoxy) is 1. The fraction of sp³-hybridized carbons (Fsp3) is 0.425. The summed E-state index contributed by atoms with van der Waals surface area (Å²) in [6.07, 6.45) is 12.4. The van der Waals surface area contributed by atoms with E-state index in [-0.39, 0.29) is 17.9 Å². The summed E-state index contributed by atoms with van der Waals surface area (Å²) in [6.45, 7) is 3.80. The van der Waals surface area contributed by atoms with Gasteiger partial charge in [0.05, 0.1) is 12.6 Å². The number of amides is 2. The molecule has 0 saturated heterocycles. The lowest BCUT2D eigenvalue weighted by Gasteiger charge is -2.35. The second kappa shape index (κ2) is 13.9. The summed E-state index contributed by atoms with van der Waals surface area (Å²) in [6, 6.07) is 22.5. The zero-order chi connectivity index (χ0) is 33.1. The van der Waals surface area contributed by atoms with Crippen LogP contribution in [0.4, 0.5) is 17.1 Å². The topological polar surface area (TPSA) is 99.8 Å². The van der Waals surface area contributed by atoms with E-state index in [4.69, 9.17) is 4.74 Å². The molecule has 250 valence electrons. The smallest absolute Gasteiger partial charge is 0.330 e. The number of hydrogen-bond acceptors (Lipinski definition) is 6. The average molecular weight is 647 g/mol. The highest BCUT2D eigenvalue weighted by atomic mass is 16.5. The van der Waals surface area contributed by atoms with Gasteiger partial charge in [-0.05, 0) is 91.6 Å². The van der Waals surface area contributed by atoms with Crippen LogP contribution in [0.1, 0.15) is 104 Å². The molecule has 2 saturated carbocycles. The highest BCUT2D eigenvalue weighted by Crippen LogP contribution is 2.56. The number of nitrogens with zero attached hydrogens (tertiary/aromatic N) is 1. The Morgan fingerprint density at radius 3 is 2.48 bits per heavy atom. The van der Waals surface area contributed by atoms with Crippen molar-refractivity contribution in [2.45, 2.75) is 82.2 Å². The molecular formula is C40H46N4O4. The molecule has 2 heterocycles. The molecule has 0 radical (unpaired) electrons. The van der Waals surface area contributed by atoms with Gasteiger partial charge in [0, 0.05) is 47.7 Å². The summed E-state index contributed by atoms with van der Waals surface area (Å²) in [4.78, 5) is 42.0. The molecule has 3 aromatic carbocycles. The third-order valence-corrected chi connectivity index (χ3v) is 10.9. The molecule has 2 aliphatic heterocycles. The monoisotopic (exact) mass is 646 g/mol. The van der Waals surface area contributed by atoms with E-state index in [0.29, 0.717) is 42.5 Å². The maximum atomic E-state index is 14.0. The average Bonchev–Trinajstić information content (AvgIpc) is 3.66. The summed E-state index contributed by atoms with van der Waals surface area (Å²) in [5.74, 6) is 0.205. The highest BCUT2D eigenvalue weighted by Gasteiger charge is 2.46. The zero-order valence-corrected chi connectivity index (χ0v) is 27.8. The SMILES string of the molecule is CCOC(=O)/C=C/c1ccc(NC(=O)C2(NC(=O)c3ccc4c(c3)N3CCNc5ccccc5C3C4C3CCCCC3)CCCC2)cc1. The lowest BCUT2D eigenvalue weighted by atomic mass is 9.73. The summed E-state index contributed by atoms with van der Waals surface area (Å²) < 4.78 is 4.94. The van der Waals surface area contributed by atoms with Crippen LogP contribution in [0.3, 0.4) is 0 Å². The van der Waals surface area contributed by atoms with Gasteiger partial charge in [-0.25, -0.2) is 4.79 Å². The normalized spacial score (nSPS) is 21.4. The van der Waals surface area contributed by atoms with Gasteiger partial charge in [-0.15, -0.1) is 0 Å². The van der Waals surface area contributed by atoms with Gasteiger partial charge in [-0.3, -0.25) is 9.59 Å². The van der Waals surface area contributed by atoms with Crippen molar-refractivity contribution in [2.75, 3.05) is 35.2 Å². The van der Waals surface area contributed by atoms with E-state index in [1.54, 1.807) is 25.1 Å². The van der Waals surface area contributed by atoms with Crippen molar-refractivity contribution in [3.05, 3.63) is 95.1 Å². The van der Waals surface area contributed by atoms with Gasteiger partial charge >= 0.3 is 5.97 Å². The first kappa shape index (κ1) is 32.0. The minimum Gasteiger partial charge on any atom is -0.463 e. The number of benzene rings is 3. The summed E-state index contributed by atoms with van der Waals surface area (Å²) >= 11 is 0. The lowest BCUT2D eigenvalue weighted by Crippen LogP contribution is -2.55. The predicted octanol–water partition coefficient (Wildman–Crippen LogP) is 7.59. The summed E-state index contributed by atoms with van der Waals surface area (Å²) in [7, 11) is 0. The van der Waals surface area contributed by atoms with Crippen LogP contribution in [0, 0.1) is 5.92 Å². The van der Waals surface area contributed by atoms with Crippen molar-refractivity contribution in [1.29, 1.82) is 0 Å². The highest BCUT2D eigenvalue weighted by molar-refractivity contribution is 6.04. The van der Waals surface area contributed by atoms with Crippen LogP contribution >= 0.6 is 0 Å². The molecule has 2 atom stereocenters. The predicted molar refractivity (Wildman–Crippen MR) is 190 cm³/mol. The summed E-state index contributed by atoms with van der Waals surface area (Å²) in [5, 5.41) is 9.91. The molecule has 8 nitrogen and oxygen atoms in total. The van der Waals surface area contributed by atoms with Crippen LogP contribution in [-0.4, -0.2) is 43.0 Å². The van der Waals surface area contributed by atoms with E-state index >= 15 is 0 Å². The van der Waals surface area contributed by atoms with Gasteiger partial charge in [0.1, 0.15) is 5.54 Å². The van der Waals surface area contributed by atoms with E-state index in [1.807, 2.05) is 18.2 Å². The number of hydrogen-bond donors (Lipinski definition) is 3. The van der Waals surface area contributed by atoms with Crippen molar-refractivity contribution in [1.82, 2.24) is 5.32 Å². The van der Waals surface area contributed by atoms with Crippen molar-refractivity contribution >= 4 is 40.9 Å². The fourth-order valence-corrected chi connectivity index (χ4v) is 8.54. The molecule has 2 fully saturated rings. The van der Waals surface area contributed by atoms with Gasteiger partial charge < -0.3 is 25.6 Å². The summed E-state index contributed by atoms with van der Waals surface area (Å²) in [5.41, 5.74) is 6.15. The Balaban J connectivity index is 1.11. The maximum absolute atomic E-state index is 14.0. The van der Waals surface area contributed by atoms with Gasteiger partial charge in [-0.2, -0.15) is 0 Å². The number of carbonyl (C=O) groups excluding carboxylic acids is 3. The molecule has 4 aliphatic rings. The van der Waals surface area contributed by atoms with E-state index in [2.05, 4.69) is 57.2 Å². The number of fused-ring (bicyclic) bond motifs is 5. The molecule has 2 unspecified atom stereocenters. The van der Waals surface area contributed by atoms with Gasteiger partial charge in [-0.1, -0.05) is 68.5 Å². The molecule has 7 rings (SSSR count). The Hall–Kier alpha value is -4.59. The van der Waals surface area contributed by atoms with Crippen LogP contribution in [0.2, 0.25) is 0 Å². The molecule has 8 heteroatoms. The molecule has 0 spiro atoms. The first-order valence-corrected chi connectivity index (χ1v) is 17.8. The fourth-order valence-electron chi connectivity index (χ4n) is 8.54. The van der Waals surface area contributed by atoms with Crippen molar-refractivity contribution in [2.24, 2.45) is 5.92 Å². The molecule has 0 aromatic heterocycles. The van der Waals surface area contributed by atoms with E-state index < -0.39 is 11.5 Å². The minimum absolute atomic E-state index is 0.197. The Bertz CT molecular complexity index is 1690. The zero-order valence-electron chi connectivity index (χ0n) is 27.8. The van der Waals surface area contributed by atoms with Crippen molar-refractivity contribution in [3.63, 3.8) is 0 Å². The second-order valence-electron chi connectivity index (χ2n) is 13.8. The van der Waals surface area contributed by atoms with Gasteiger partial charge in [0.15, 0.2) is 0 Å². The van der Waals surface area contributed by atoms with Crippen LogP contribution in [0.5, 0.6) is 0 Å². The minimum atomic E-state index is -0.975. The maximum Gasteiger partial charge on any atom is 0.330 e. The van der Waals surface area contributed by atoms with E-state index in [9.17, 15) is 14.4 Å². The number of rotatable bonds is 8. The number of anilines is 3. The quantitative estimate of drug-likeness (QED) is 0.172. The van der Waals surface area contributed by atoms with Gasteiger partial charge in [0.25, 0.3) is 5.91 Å². The third kappa shape index (κ3) is 6.32. The molecule has 48 heavy (non-hydrogen) atoms. The first-order valence-electron chi connectivity index (χ1n) is 17.8. The van der Waals surface area contributed by atoms with Crippen LogP contribution in [0.25, 0.3) is 6.08 Å². The number of para-hydroxylation sites is 1. The van der Waals surface area contributed by atoms with Crippen LogP contribution in [-0.2, 0) is 14.3 Å². The molecule has 2 aliphatic carbocycles. The Labute approximate surface area is 283 Å². The Morgan fingerprint density at radius 1 is 0.938 bits per heavy atom. The van der Waals surface area contributed by atoms with E-state index in [0.717, 1.165) is 37.2 Å². The number of esters is 1. The van der Waals surface area contributed by atoms with Crippen molar-refractivity contribution < 1.29 is 19.1 Å². The van der Waals surface area contributed by atoms with E-state index in [1.165, 1.54) is 55.0 Å². The molecule has 0 bridgehead atoms. The number of nitrogens with one attached hydrogen (secondary N) is 3. The Kier molecular flexibility index (Phi) is 9.24. The molecule has 2 amide bonds. The second-order valence-corrected chi connectivity index (χ2v) is 13.8.